The van der Waals surface area contributed by atoms with E-state index in [0.717, 1.165) is 21.8 Å². The lowest BCUT2D eigenvalue weighted by Gasteiger charge is -2.31. The number of nitrogens with one attached hydrogen (secondary N) is 1. The minimum Gasteiger partial charge on any atom is -0.337 e. The molecule has 1 aromatic heterocycles. The quantitative estimate of drug-likeness (QED) is 0.675. The van der Waals surface area contributed by atoms with Gasteiger partial charge in [-0.1, -0.05) is 6.07 Å². The zero-order valence-electron chi connectivity index (χ0n) is 17.2. The second kappa shape index (κ2) is 7.26. The van der Waals surface area contributed by atoms with Gasteiger partial charge in [0.2, 0.25) is 11.8 Å². The molecule has 1 fully saturated rings. The van der Waals surface area contributed by atoms with Crippen LogP contribution in [0.25, 0.3) is 20.8 Å². The van der Waals surface area contributed by atoms with Crippen LogP contribution in [-0.2, 0) is 9.59 Å². The molecule has 29 heavy (non-hydrogen) atoms. The second-order valence-electron chi connectivity index (χ2n) is 8.63. The molecule has 2 aromatic carbocycles. The van der Waals surface area contributed by atoms with E-state index in [2.05, 4.69) is 24.4 Å². The number of rotatable bonds is 3. The van der Waals surface area contributed by atoms with Gasteiger partial charge in [-0.15, -0.1) is 11.3 Å². The summed E-state index contributed by atoms with van der Waals surface area (Å²) in [5.74, 6) is -0.374. The van der Waals surface area contributed by atoms with Crippen molar-refractivity contribution >= 4 is 39.1 Å². The summed E-state index contributed by atoms with van der Waals surface area (Å²) in [5, 5.41) is 3.92. The number of fused-ring (bicyclic) bond motifs is 1. The topological polar surface area (TPSA) is 62.3 Å². The van der Waals surface area contributed by atoms with Crippen molar-refractivity contribution in [2.24, 2.45) is 5.92 Å². The van der Waals surface area contributed by atoms with Crippen molar-refractivity contribution < 1.29 is 9.59 Å². The highest BCUT2D eigenvalue weighted by atomic mass is 32.1. The van der Waals surface area contributed by atoms with Gasteiger partial charge in [-0.2, -0.15) is 0 Å². The van der Waals surface area contributed by atoms with Crippen molar-refractivity contribution in [3.63, 3.8) is 0 Å². The number of nitrogens with zero attached hydrogens (tertiary/aromatic N) is 2. The molecule has 6 heteroatoms. The van der Waals surface area contributed by atoms with Crippen molar-refractivity contribution in [1.29, 1.82) is 0 Å². The van der Waals surface area contributed by atoms with Gasteiger partial charge in [0.05, 0.1) is 16.1 Å². The Hall–Kier alpha value is -2.73. The Kier molecular flexibility index (Phi) is 4.90. The van der Waals surface area contributed by atoms with Gasteiger partial charge < -0.3 is 10.2 Å². The first-order valence-electron chi connectivity index (χ1n) is 9.80. The van der Waals surface area contributed by atoms with Crippen LogP contribution in [0.4, 0.5) is 5.69 Å². The lowest BCUT2D eigenvalue weighted by Crippen LogP contribution is -2.42. The Morgan fingerprint density at radius 2 is 1.90 bits per heavy atom. The molecular formula is C23H25N3O2S. The molecule has 1 unspecified atom stereocenters. The molecule has 2 amide bonds. The molecule has 1 saturated heterocycles. The molecule has 0 spiro atoms. The van der Waals surface area contributed by atoms with E-state index in [1.165, 1.54) is 10.3 Å². The first-order chi connectivity index (χ1) is 13.7. The van der Waals surface area contributed by atoms with Crippen LogP contribution in [-0.4, -0.2) is 33.8 Å². The molecule has 1 aliphatic heterocycles. The Balaban J connectivity index is 1.45. The number of thiazole rings is 1. The van der Waals surface area contributed by atoms with E-state index in [-0.39, 0.29) is 29.7 Å². The van der Waals surface area contributed by atoms with Crippen LogP contribution in [0.2, 0.25) is 0 Å². The SMILES string of the molecule is Cc1ccc2nc(-c3ccc(NC(=O)C4CC(=O)N(C(C)(C)C)C4)cc3)sc2c1. The fraction of sp³-hybridized carbons (Fsp3) is 0.348. The molecule has 2 heterocycles. The minimum atomic E-state index is -0.311. The molecule has 0 saturated carbocycles. The zero-order chi connectivity index (χ0) is 20.8. The van der Waals surface area contributed by atoms with Gasteiger partial charge in [-0.05, 0) is 69.7 Å². The van der Waals surface area contributed by atoms with Gasteiger partial charge in [0.1, 0.15) is 5.01 Å². The maximum absolute atomic E-state index is 12.6. The normalized spacial score (nSPS) is 17.2. The number of aromatic nitrogens is 1. The average molecular weight is 408 g/mol. The third-order valence-corrected chi connectivity index (χ3v) is 6.32. The molecule has 0 radical (unpaired) electrons. The number of hydrogen-bond acceptors (Lipinski definition) is 4. The van der Waals surface area contributed by atoms with Gasteiger partial charge in [0, 0.05) is 29.8 Å². The molecule has 1 N–H and O–H groups in total. The van der Waals surface area contributed by atoms with E-state index >= 15 is 0 Å². The number of hydrogen-bond donors (Lipinski definition) is 1. The van der Waals surface area contributed by atoms with Crippen molar-refractivity contribution in [1.82, 2.24) is 9.88 Å². The molecule has 4 rings (SSSR count). The van der Waals surface area contributed by atoms with Crippen LogP contribution in [0, 0.1) is 12.8 Å². The Bertz CT molecular complexity index is 1080. The van der Waals surface area contributed by atoms with Crippen LogP contribution in [0.3, 0.4) is 0 Å². The summed E-state index contributed by atoms with van der Waals surface area (Å²) in [6.07, 6.45) is 0.270. The summed E-state index contributed by atoms with van der Waals surface area (Å²) >= 11 is 1.67. The van der Waals surface area contributed by atoms with E-state index in [0.29, 0.717) is 6.54 Å². The Morgan fingerprint density at radius 1 is 1.17 bits per heavy atom. The summed E-state index contributed by atoms with van der Waals surface area (Å²) in [7, 11) is 0. The molecule has 1 atom stereocenters. The van der Waals surface area contributed by atoms with Crippen molar-refractivity contribution in [2.75, 3.05) is 11.9 Å². The highest BCUT2D eigenvalue weighted by Gasteiger charge is 2.39. The Labute approximate surface area is 174 Å². The number of aryl methyl sites for hydroxylation is 1. The lowest BCUT2D eigenvalue weighted by molar-refractivity contribution is -0.131. The second-order valence-corrected chi connectivity index (χ2v) is 9.66. The highest BCUT2D eigenvalue weighted by Crippen LogP contribution is 2.32. The van der Waals surface area contributed by atoms with Crippen LogP contribution >= 0.6 is 11.3 Å². The molecule has 3 aromatic rings. The maximum atomic E-state index is 12.6. The van der Waals surface area contributed by atoms with Crippen LogP contribution in [0.15, 0.2) is 42.5 Å². The maximum Gasteiger partial charge on any atom is 0.229 e. The number of anilines is 1. The van der Waals surface area contributed by atoms with Gasteiger partial charge >= 0.3 is 0 Å². The highest BCUT2D eigenvalue weighted by molar-refractivity contribution is 7.21. The standard InChI is InChI=1S/C23H25N3O2S/c1-14-5-10-18-19(11-14)29-22(25-18)15-6-8-17(9-7-15)24-21(28)16-12-20(27)26(13-16)23(2,3)4/h5-11,16H,12-13H2,1-4H3,(H,24,28). The third kappa shape index (κ3) is 4.03. The zero-order valence-corrected chi connectivity index (χ0v) is 18.0. The van der Waals surface area contributed by atoms with Crippen LogP contribution in [0.1, 0.15) is 32.8 Å². The predicted molar refractivity (Wildman–Crippen MR) is 118 cm³/mol. The summed E-state index contributed by atoms with van der Waals surface area (Å²) in [6, 6.07) is 14.0. The fourth-order valence-corrected chi connectivity index (χ4v) is 4.70. The Morgan fingerprint density at radius 3 is 2.55 bits per heavy atom. The van der Waals surface area contributed by atoms with E-state index < -0.39 is 0 Å². The molecule has 0 bridgehead atoms. The number of benzene rings is 2. The average Bonchev–Trinajstić information content (AvgIpc) is 3.25. The molecule has 150 valence electrons. The monoisotopic (exact) mass is 407 g/mol. The van der Waals surface area contributed by atoms with Crippen LogP contribution < -0.4 is 5.32 Å². The smallest absolute Gasteiger partial charge is 0.229 e. The lowest BCUT2D eigenvalue weighted by atomic mass is 10.1. The van der Waals surface area contributed by atoms with E-state index in [1.54, 1.807) is 16.2 Å². The first kappa shape index (κ1) is 19.6. The largest absolute Gasteiger partial charge is 0.337 e. The van der Waals surface area contributed by atoms with Crippen molar-refractivity contribution in [3.05, 3.63) is 48.0 Å². The van der Waals surface area contributed by atoms with E-state index in [9.17, 15) is 9.59 Å². The van der Waals surface area contributed by atoms with Gasteiger partial charge in [0.25, 0.3) is 0 Å². The van der Waals surface area contributed by atoms with Crippen molar-refractivity contribution in [2.45, 2.75) is 39.7 Å². The fourth-order valence-electron chi connectivity index (χ4n) is 3.63. The number of likely N-dealkylation sites (tertiary alicyclic amines) is 1. The third-order valence-electron chi connectivity index (χ3n) is 5.25. The first-order valence-corrected chi connectivity index (χ1v) is 10.6. The number of carbonyl (C=O) groups excluding carboxylic acids is 2. The van der Waals surface area contributed by atoms with Crippen molar-refractivity contribution in [3.8, 4) is 10.6 Å². The molecular weight excluding hydrogens is 382 g/mol. The summed E-state index contributed by atoms with van der Waals surface area (Å²) in [6.45, 7) is 8.53. The van der Waals surface area contributed by atoms with E-state index in [1.807, 2.05) is 51.1 Å². The van der Waals surface area contributed by atoms with Gasteiger partial charge in [-0.3, -0.25) is 9.59 Å². The summed E-state index contributed by atoms with van der Waals surface area (Å²) < 4.78 is 1.17. The molecule has 0 aliphatic carbocycles. The number of amides is 2. The van der Waals surface area contributed by atoms with E-state index in [4.69, 9.17) is 4.98 Å². The molecule has 1 aliphatic rings. The number of carbonyl (C=O) groups is 2. The summed E-state index contributed by atoms with van der Waals surface area (Å²) in [4.78, 5) is 31.4. The predicted octanol–water partition coefficient (Wildman–Crippen LogP) is 4.86. The van der Waals surface area contributed by atoms with Gasteiger partial charge in [0.15, 0.2) is 0 Å². The minimum absolute atomic E-state index is 0.0408. The van der Waals surface area contributed by atoms with Crippen LogP contribution in [0.5, 0.6) is 0 Å². The van der Waals surface area contributed by atoms with Gasteiger partial charge in [-0.25, -0.2) is 4.98 Å². The molecule has 5 nitrogen and oxygen atoms in total. The summed E-state index contributed by atoms with van der Waals surface area (Å²) in [5.41, 5.74) is 3.72.